The summed E-state index contributed by atoms with van der Waals surface area (Å²) in [7, 11) is 0. The molecule has 1 aliphatic carbocycles. The highest BCUT2D eigenvalue weighted by Crippen LogP contribution is 2.37. The third-order valence-corrected chi connectivity index (χ3v) is 1.85. The SMILES string of the molecule is CC(=O)NC[C@@H]1C[C@H]1C(=O)O. The topological polar surface area (TPSA) is 66.4 Å². The van der Waals surface area contributed by atoms with Gasteiger partial charge in [0.1, 0.15) is 0 Å². The average Bonchev–Trinajstić information content (AvgIpc) is 2.61. The third-order valence-electron chi connectivity index (χ3n) is 1.85. The Morgan fingerprint density at radius 2 is 2.27 bits per heavy atom. The van der Waals surface area contributed by atoms with Crippen molar-refractivity contribution in [1.29, 1.82) is 0 Å². The minimum Gasteiger partial charge on any atom is -0.481 e. The van der Waals surface area contributed by atoms with E-state index in [0.29, 0.717) is 13.0 Å². The smallest absolute Gasteiger partial charge is 0.306 e. The highest BCUT2D eigenvalue weighted by atomic mass is 16.4. The van der Waals surface area contributed by atoms with Crippen molar-refractivity contribution in [2.45, 2.75) is 13.3 Å². The van der Waals surface area contributed by atoms with Gasteiger partial charge in [0.25, 0.3) is 0 Å². The Balaban J connectivity index is 2.14. The monoisotopic (exact) mass is 157 g/mol. The Morgan fingerprint density at radius 1 is 1.64 bits per heavy atom. The molecule has 0 radical (unpaired) electrons. The van der Waals surface area contributed by atoms with Crippen molar-refractivity contribution >= 4 is 11.9 Å². The molecule has 2 N–H and O–H groups in total. The first kappa shape index (κ1) is 8.04. The molecule has 62 valence electrons. The maximum Gasteiger partial charge on any atom is 0.306 e. The second-order valence-corrected chi connectivity index (χ2v) is 2.88. The highest BCUT2D eigenvalue weighted by Gasteiger charge is 2.42. The Morgan fingerprint density at radius 3 is 2.64 bits per heavy atom. The van der Waals surface area contributed by atoms with Crippen LogP contribution in [0.15, 0.2) is 0 Å². The van der Waals surface area contributed by atoms with Crippen LogP contribution < -0.4 is 5.32 Å². The van der Waals surface area contributed by atoms with E-state index in [2.05, 4.69) is 5.32 Å². The molecule has 0 aromatic carbocycles. The van der Waals surface area contributed by atoms with Crippen LogP contribution >= 0.6 is 0 Å². The van der Waals surface area contributed by atoms with Crippen molar-refractivity contribution < 1.29 is 14.7 Å². The normalized spacial score (nSPS) is 27.7. The molecule has 1 aliphatic rings. The first-order valence-corrected chi connectivity index (χ1v) is 3.58. The third kappa shape index (κ3) is 2.22. The fourth-order valence-electron chi connectivity index (χ4n) is 1.05. The van der Waals surface area contributed by atoms with Crippen LogP contribution in [0, 0.1) is 11.8 Å². The summed E-state index contributed by atoms with van der Waals surface area (Å²) in [6.07, 6.45) is 0.704. The second-order valence-electron chi connectivity index (χ2n) is 2.88. The number of carboxylic acid groups (broad SMARTS) is 1. The molecule has 0 heterocycles. The molecule has 0 spiro atoms. The van der Waals surface area contributed by atoms with E-state index in [-0.39, 0.29) is 17.7 Å². The van der Waals surface area contributed by atoms with E-state index in [4.69, 9.17) is 5.11 Å². The molecule has 0 unspecified atom stereocenters. The van der Waals surface area contributed by atoms with Crippen LogP contribution in [0.3, 0.4) is 0 Å². The number of carboxylic acids is 1. The minimum atomic E-state index is -0.750. The molecule has 0 aromatic heterocycles. The van der Waals surface area contributed by atoms with Crippen LogP contribution in [0.1, 0.15) is 13.3 Å². The summed E-state index contributed by atoms with van der Waals surface area (Å²) in [5.74, 6) is -0.903. The van der Waals surface area contributed by atoms with E-state index in [1.807, 2.05) is 0 Å². The molecule has 0 aromatic rings. The fourth-order valence-corrected chi connectivity index (χ4v) is 1.05. The van der Waals surface area contributed by atoms with Crippen molar-refractivity contribution in [3.63, 3.8) is 0 Å². The predicted molar refractivity (Wildman–Crippen MR) is 37.9 cm³/mol. The van der Waals surface area contributed by atoms with Gasteiger partial charge >= 0.3 is 5.97 Å². The number of carbonyl (C=O) groups excluding carboxylic acids is 1. The Labute approximate surface area is 64.6 Å². The van der Waals surface area contributed by atoms with Crippen molar-refractivity contribution in [2.75, 3.05) is 6.54 Å². The molecule has 0 aliphatic heterocycles. The largest absolute Gasteiger partial charge is 0.481 e. The summed E-state index contributed by atoms with van der Waals surface area (Å²) in [6.45, 7) is 1.93. The van der Waals surface area contributed by atoms with E-state index >= 15 is 0 Å². The maximum absolute atomic E-state index is 10.4. The van der Waals surface area contributed by atoms with Gasteiger partial charge in [-0.1, -0.05) is 0 Å². The van der Waals surface area contributed by atoms with E-state index in [1.165, 1.54) is 6.92 Å². The van der Waals surface area contributed by atoms with E-state index in [9.17, 15) is 9.59 Å². The van der Waals surface area contributed by atoms with Crippen LogP contribution in [-0.4, -0.2) is 23.5 Å². The lowest BCUT2D eigenvalue weighted by Gasteiger charge is -1.97. The quantitative estimate of drug-likeness (QED) is 0.598. The molecular formula is C7H11NO3. The van der Waals surface area contributed by atoms with Crippen LogP contribution in [0.25, 0.3) is 0 Å². The number of hydrogen-bond donors (Lipinski definition) is 2. The summed E-state index contributed by atoms with van der Waals surface area (Å²) in [5.41, 5.74) is 0. The van der Waals surface area contributed by atoms with Gasteiger partial charge in [0, 0.05) is 13.5 Å². The molecule has 4 nitrogen and oxygen atoms in total. The lowest BCUT2D eigenvalue weighted by atomic mass is 10.3. The van der Waals surface area contributed by atoms with Crippen LogP contribution in [0.4, 0.5) is 0 Å². The van der Waals surface area contributed by atoms with Crippen molar-refractivity contribution in [2.24, 2.45) is 11.8 Å². The minimum absolute atomic E-state index is 0.0963. The van der Waals surface area contributed by atoms with Gasteiger partial charge in [-0.05, 0) is 12.3 Å². The molecule has 0 bridgehead atoms. The van der Waals surface area contributed by atoms with Crippen molar-refractivity contribution in [3.05, 3.63) is 0 Å². The molecule has 1 amide bonds. The summed E-state index contributed by atoms with van der Waals surface area (Å²) in [6, 6.07) is 0. The lowest BCUT2D eigenvalue weighted by molar-refractivity contribution is -0.139. The predicted octanol–water partition coefficient (Wildman–Crippen LogP) is -0.157. The van der Waals surface area contributed by atoms with E-state index in [0.717, 1.165) is 0 Å². The Hall–Kier alpha value is -1.06. The van der Waals surface area contributed by atoms with E-state index < -0.39 is 5.97 Å². The van der Waals surface area contributed by atoms with Crippen molar-refractivity contribution in [1.82, 2.24) is 5.32 Å². The Kier molecular flexibility index (Phi) is 2.12. The van der Waals surface area contributed by atoms with Gasteiger partial charge in [0.2, 0.25) is 5.91 Å². The average molecular weight is 157 g/mol. The molecule has 1 saturated carbocycles. The first-order valence-electron chi connectivity index (χ1n) is 3.58. The second kappa shape index (κ2) is 2.90. The van der Waals surface area contributed by atoms with Gasteiger partial charge < -0.3 is 10.4 Å². The zero-order valence-electron chi connectivity index (χ0n) is 6.33. The number of rotatable bonds is 3. The first-order chi connectivity index (χ1) is 5.11. The fraction of sp³-hybridized carbons (Fsp3) is 0.714. The van der Waals surface area contributed by atoms with E-state index in [1.54, 1.807) is 0 Å². The number of hydrogen-bond acceptors (Lipinski definition) is 2. The number of amides is 1. The van der Waals surface area contributed by atoms with Gasteiger partial charge in [-0.2, -0.15) is 0 Å². The maximum atomic E-state index is 10.4. The number of carbonyl (C=O) groups is 2. The van der Waals surface area contributed by atoms with Crippen LogP contribution in [-0.2, 0) is 9.59 Å². The summed E-state index contributed by atoms with van der Waals surface area (Å²) in [5, 5.41) is 11.1. The van der Waals surface area contributed by atoms with Gasteiger partial charge in [-0.15, -0.1) is 0 Å². The zero-order chi connectivity index (χ0) is 8.43. The molecule has 2 atom stereocenters. The van der Waals surface area contributed by atoms with Gasteiger partial charge in [-0.3, -0.25) is 9.59 Å². The molecule has 0 saturated heterocycles. The Bertz CT molecular complexity index is 190. The summed E-state index contributed by atoms with van der Waals surface area (Å²) >= 11 is 0. The summed E-state index contributed by atoms with van der Waals surface area (Å²) < 4.78 is 0. The lowest BCUT2D eigenvalue weighted by Crippen LogP contribution is -2.23. The standard InChI is InChI=1S/C7H11NO3/c1-4(9)8-3-5-2-6(5)7(10)11/h5-6H,2-3H2,1H3,(H,8,9)(H,10,11)/t5-,6+/m0/s1. The molecule has 1 fully saturated rings. The zero-order valence-corrected chi connectivity index (χ0v) is 6.33. The molecule has 11 heavy (non-hydrogen) atoms. The number of nitrogens with one attached hydrogen (secondary N) is 1. The van der Waals surface area contributed by atoms with Gasteiger partial charge in [0.15, 0.2) is 0 Å². The van der Waals surface area contributed by atoms with Crippen LogP contribution in [0.2, 0.25) is 0 Å². The number of aliphatic carboxylic acids is 1. The molecular weight excluding hydrogens is 146 g/mol. The molecule has 4 heteroatoms. The van der Waals surface area contributed by atoms with Gasteiger partial charge in [0.05, 0.1) is 5.92 Å². The van der Waals surface area contributed by atoms with Crippen LogP contribution in [0.5, 0.6) is 0 Å². The molecule has 1 rings (SSSR count). The summed E-state index contributed by atoms with van der Waals surface area (Å²) in [4.78, 5) is 20.7. The highest BCUT2D eigenvalue weighted by molar-refractivity contribution is 5.75. The van der Waals surface area contributed by atoms with Crippen molar-refractivity contribution in [3.8, 4) is 0 Å². The van der Waals surface area contributed by atoms with Gasteiger partial charge in [-0.25, -0.2) is 0 Å².